The number of hydrogen-bond acceptors (Lipinski definition) is 2. The van der Waals surface area contributed by atoms with Crippen LogP contribution in [-0.4, -0.2) is 35.1 Å². The van der Waals surface area contributed by atoms with Gasteiger partial charge in [0.1, 0.15) is 5.82 Å². The van der Waals surface area contributed by atoms with Gasteiger partial charge in [-0.15, -0.1) is 0 Å². The molecule has 3 unspecified atom stereocenters. The van der Waals surface area contributed by atoms with E-state index in [9.17, 15) is 9.18 Å². The highest BCUT2D eigenvalue weighted by Gasteiger charge is 2.58. The van der Waals surface area contributed by atoms with E-state index in [2.05, 4.69) is 29.4 Å². The molecule has 5 atom stereocenters. The third-order valence-electron chi connectivity index (χ3n) is 8.18. The number of hydrogen-bond donors (Lipinski definition) is 1. The minimum Gasteiger partial charge on any atom is -0.349 e. The quantitative estimate of drug-likeness (QED) is 0.830. The Morgan fingerprint density at radius 2 is 2.14 bits per heavy atom. The van der Waals surface area contributed by atoms with Gasteiger partial charge in [-0.1, -0.05) is 19.1 Å². The molecule has 1 aromatic heterocycles. The second kappa shape index (κ2) is 6.68. The third-order valence-corrected chi connectivity index (χ3v) is 8.18. The number of H-pyrrole nitrogens is 1. The van der Waals surface area contributed by atoms with Gasteiger partial charge in [-0.3, -0.25) is 9.89 Å². The number of aromatic nitrogens is 2. The number of aromatic amines is 1. The molecule has 5 rings (SSSR count). The molecule has 29 heavy (non-hydrogen) atoms. The first kappa shape index (κ1) is 18.8. The van der Waals surface area contributed by atoms with Crippen LogP contribution in [0.25, 0.3) is 0 Å². The lowest BCUT2D eigenvalue weighted by molar-refractivity contribution is -0.129. The van der Waals surface area contributed by atoms with Crippen LogP contribution < -0.4 is 0 Å². The van der Waals surface area contributed by atoms with E-state index in [-0.39, 0.29) is 17.1 Å². The van der Waals surface area contributed by atoms with Gasteiger partial charge in [0, 0.05) is 32.1 Å². The zero-order valence-corrected chi connectivity index (χ0v) is 17.5. The molecule has 3 aliphatic rings. The molecule has 0 bridgehead atoms. The molecule has 1 amide bonds. The summed E-state index contributed by atoms with van der Waals surface area (Å²) in [7, 11) is 3.65. The SMILES string of the molecule is CN(C)C(=O)CC[C@@H]1c2c[nH]nc2[C@@]2(C)CCC3c4cccc(F)c4CCC3C12. The predicted molar refractivity (Wildman–Crippen MR) is 110 cm³/mol. The van der Waals surface area contributed by atoms with E-state index >= 15 is 0 Å². The molecule has 5 heteroatoms. The largest absolute Gasteiger partial charge is 0.349 e. The molecule has 1 aromatic carbocycles. The lowest BCUT2D eigenvalue weighted by Crippen LogP contribution is -2.44. The van der Waals surface area contributed by atoms with E-state index in [0.29, 0.717) is 30.1 Å². The fraction of sp³-hybridized carbons (Fsp3) is 0.583. The molecule has 0 aliphatic heterocycles. The first-order valence-corrected chi connectivity index (χ1v) is 10.9. The van der Waals surface area contributed by atoms with E-state index in [0.717, 1.165) is 37.7 Å². The fourth-order valence-corrected chi connectivity index (χ4v) is 6.91. The highest BCUT2D eigenvalue weighted by atomic mass is 19.1. The van der Waals surface area contributed by atoms with Crippen molar-refractivity contribution in [2.75, 3.05) is 14.1 Å². The first-order chi connectivity index (χ1) is 13.9. The Balaban J connectivity index is 1.52. The van der Waals surface area contributed by atoms with Crippen molar-refractivity contribution < 1.29 is 9.18 Å². The summed E-state index contributed by atoms with van der Waals surface area (Å²) in [6.45, 7) is 2.38. The summed E-state index contributed by atoms with van der Waals surface area (Å²) in [5.74, 6) is 1.92. The number of carbonyl (C=O) groups excluding carboxylic acids is 1. The van der Waals surface area contributed by atoms with Crippen LogP contribution in [0, 0.1) is 17.7 Å². The molecular formula is C24H30FN3O. The lowest BCUT2D eigenvalue weighted by Gasteiger charge is -2.50. The summed E-state index contributed by atoms with van der Waals surface area (Å²) in [6, 6.07) is 5.63. The molecule has 1 heterocycles. The maximum atomic E-state index is 14.4. The molecule has 3 aliphatic carbocycles. The Bertz CT molecular complexity index is 951. The third kappa shape index (κ3) is 2.69. The van der Waals surface area contributed by atoms with Crippen molar-refractivity contribution in [3.63, 3.8) is 0 Å². The summed E-state index contributed by atoms with van der Waals surface area (Å²) in [6.07, 6.45) is 7.51. The van der Waals surface area contributed by atoms with E-state index in [1.807, 2.05) is 20.2 Å². The van der Waals surface area contributed by atoms with E-state index in [1.54, 1.807) is 11.0 Å². The average Bonchev–Trinajstić information content (AvgIpc) is 3.27. The maximum Gasteiger partial charge on any atom is 0.222 e. The summed E-state index contributed by atoms with van der Waals surface area (Å²) < 4.78 is 14.4. The Morgan fingerprint density at radius 3 is 2.93 bits per heavy atom. The van der Waals surface area contributed by atoms with Crippen LogP contribution in [0.4, 0.5) is 4.39 Å². The van der Waals surface area contributed by atoms with Crippen LogP contribution in [-0.2, 0) is 16.6 Å². The minimum absolute atomic E-state index is 0.0398. The number of halogens is 1. The Hall–Kier alpha value is -2.17. The Labute approximate surface area is 171 Å². The van der Waals surface area contributed by atoms with Gasteiger partial charge in [-0.05, 0) is 78.5 Å². The summed E-state index contributed by atoms with van der Waals surface area (Å²) in [5.41, 5.74) is 4.75. The molecule has 1 N–H and O–H groups in total. The number of benzene rings is 1. The molecule has 154 valence electrons. The van der Waals surface area contributed by atoms with Crippen molar-refractivity contribution in [1.29, 1.82) is 0 Å². The molecule has 1 saturated carbocycles. The molecular weight excluding hydrogens is 365 g/mol. The van der Waals surface area contributed by atoms with E-state index < -0.39 is 0 Å². The second-order valence-corrected chi connectivity index (χ2v) is 9.72. The van der Waals surface area contributed by atoms with Gasteiger partial charge in [0.05, 0.1) is 5.69 Å². The van der Waals surface area contributed by atoms with Crippen molar-refractivity contribution in [3.8, 4) is 0 Å². The molecule has 0 spiro atoms. The summed E-state index contributed by atoms with van der Waals surface area (Å²) in [5, 5.41) is 7.78. The van der Waals surface area contributed by atoms with Gasteiger partial charge in [0.25, 0.3) is 0 Å². The van der Waals surface area contributed by atoms with Crippen LogP contribution in [0.2, 0.25) is 0 Å². The van der Waals surface area contributed by atoms with Gasteiger partial charge >= 0.3 is 0 Å². The Morgan fingerprint density at radius 1 is 1.31 bits per heavy atom. The van der Waals surface area contributed by atoms with Crippen molar-refractivity contribution in [2.45, 2.75) is 62.7 Å². The fourth-order valence-electron chi connectivity index (χ4n) is 6.91. The van der Waals surface area contributed by atoms with Gasteiger partial charge in [0.15, 0.2) is 0 Å². The Kier molecular flexibility index (Phi) is 4.34. The first-order valence-electron chi connectivity index (χ1n) is 10.9. The number of nitrogens with zero attached hydrogens (tertiary/aromatic N) is 2. The molecule has 2 aromatic rings. The number of rotatable bonds is 3. The van der Waals surface area contributed by atoms with Crippen LogP contribution in [0.1, 0.15) is 73.2 Å². The number of amides is 1. The normalized spacial score (nSPS) is 32.1. The zero-order chi connectivity index (χ0) is 20.3. The molecule has 4 nitrogen and oxygen atoms in total. The van der Waals surface area contributed by atoms with Crippen molar-refractivity contribution >= 4 is 5.91 Å². The van der Waals surface area contributed by atoms with Crippen LogP contribution >= 0.6 is 0 Å². The van der Waals surface area contributed by atoms with Gasteiger partial charge in [0.2, 0.25) is 5.91 Å². The predicted octanol–water partition coefficient (Wildman–Crippen LogP) is 4.53. The van der Waals surface area contributed by atoms with Crippen LogP contribution in [0.15, 0.2) is 24.4 Å². The summed E-state index contributed by atoms with van der Waals surface area (Å²) >= 11 is 0. The van der Waals surface area contributed by atoms with Crippen LogP contribution in [0.3, 0.4) is 0 Å². The van der Waals surface area contributed by atoms with Crippen LogP contribution in [0.5, 0.6) is 0 Å². The van der Waals surface area contributed by atoms with Crippen molar-refractivity contribution in [2.24, 2.45) is 11.8 Å². The minimum atomic E-state index is -0.0398. The van der Waals surface area contributed by atoms with Gasteiger partial charge in [-0.2, -0.15) is 5.10 Å². The molecule has 0 radical (unpaired) electrons. The van der Waals surface area contributed by atoms with Crippen molar-refractivity contribution in [1.82, 2.24) is 15.1 Å². The smallest absolute Gasteiger partial charge is 0.222 e. The van der Waals surface area contributed by atoms with Crippen molar-refractivity contribution in [3.05, 3.63) is 52.6 Å². The number of fused-ring (bicyclic) bond motifs is 7. The number of nitrogens with one attached hydrogen (secondary N) is 1. The zero-order valence-electron chi connectivity index (χ0n) is 17.5. The lowest BCUT2D eigenvalue weighted by atomic mass is 9.53. The van der Waals surface area contributed by atoms with Gasteiger partial charge < -0.3 is 4.90 Å². The maximum absolute atomic E-state index is 14.4. The molecule has 0 saturated heterocycles. The van der Waals surface area contributed by atoms with E-state index in [1.165, 1.54) is 16.8 Å². The van der Waals surface area contributed by atoms with E-state index in [4.69, 9.17) is 0 Å². The molecule has 1 fully saturated rings. The summed E-state index contributed by atoms with van der Waals surface area (Å²) in [4.78, 5) is 14.0. The monoisotopic (exact) mass is 395 g/mol. The standard InChI is InChI=1S/C24H30FN3O/c1-24-12-11-15-14-5-4-6-20(25)16(14)7-8-17(15)22(24)18(9-10-21(29)28(2)3)19-13-26-27-23(19)24/h4-6,13,15,17-18,22H,7-12H2,1-3H3,(H,26,27)/t15?,17?,18-,22?,24+/m1/s1. The average molecular weight is 396 g/mol. The highest BCUT2D eigenvalue weighted by molar-refractivity contribution is 5.75. The van der Waals surface area contributed by atoms with Gasteiger partial charge in [-0.25, -0.2) is 4.39 Å². The highest BCUT2D eigenvalue weighted by Crippen LogP contribution is 2.64. The second-order valence-electron chi connectivity index (χ2n) is 9.72. The number of carbonyl (C=O) groups is 1. The topological polar surface area (TPSA) is 49.0 Å².